The smallest absolute Gasteiger partial charge is 0.236 e. The zero-order valence-electron chi connectivity index (χ0n) is 7.00. The van der Waals surface area contributed by atoms with Gasteiger partial charge in [-0.05, 0) is 19.3 Å². The van der Waals surface area contributed by atoms with E-state index >= 15 is 0 Å². The highest BCUT2D eigenvalue weighted by Gasteiger charge is 2.25. The molecule has 1 amide bonds. The SMILES string of the molecule is O=C1C(Br)CCCN1CCCO. The summed E-state index contributed by atoms with van der Waals surface area (Å²) in [5.74, 6) is 0.176. The highest BCUT2D eigenvalue weighted by atomic mass is 79.9. The van der Waals surface area contributed by atoms with Gasteiger partial charge < -0.3 is 10.0 Å². The fraction of sp³-hybridized carbons (Fsp3) is 0.875. The Kier molecular flexibility index (Phi) is 4.01. The zero-order chi connectivity index (χ0) is 8.97. The predicted octanol–water partition coefficient (Wildman–Crippen LogP) is 0.755. The highest BCUT2D eigenvalue weighted by Crippen LogP contribution is 2.18. The van der Waals surface area contributed by atoms with Crippen molar-refractivity contribution in [3.63, 3.8) is 0 Å². The fourth-order valence-corrected chi connectivity index (χ4v) is 1.99. The number of piperidine rings is 1. The number of hydrogen-bond acceptors (Lipinski definition) is 2. The van der Waals surface area contributed by atoms with E-state index in [9.17, 15) is 4.79 Å². The molecule has 1 unspecified atom stereocenters. The first-order chi connectivity index (χ1) is 5.75. The predicted molar refractivity (Wildman–Crippen MR) is 50.2 cm³/mol. The Bertz CT molecular complexity index is 163. The molecule has 0 bridgehead atoms. The molecule has 1 saturated heterocycles. The number of alkyl halides is 1. The molecule has 70 valence electrons. The lowest BCUT2D eigenvalue weighted by Crippen LogP contribution is -2.42. The van der Waals surface area contributed by atoms with E-state index in [1.54, 1.807) is 0 Å². The number of carbonyl (C=O) groups is 1. The standard InChI is InChI=1S/C8H14BrNO2/c9-7-3-1-4-10(8(7)12)5-2-6-11/h7,11H,1-6H2. The van der Waals surface area contributed by atoms with E-state index in [1.165, 1.54) is 0 Å². The van der Waals surface area contributed by atoms with Crippen LogP contribution in [0.25, 0.3) is 0 Å². The second-order valence-electron chi connectivity index (χ2n) is 3.01. The molecule has 1 aliphatic rings. The largest absolute Gasteiger partial charge is 0.396 e. The van der Waals surface area contributed by atoms with E-state index in [-0.39, 0.29) is 17.3 Å². The third kappa shape index (κ3) is 2.45. The maximum absolute atomic E-state index is 11.4. The summed E-state index contributed by atoms with van der Waals surface area (Å²) in [6.45, 7) is 1.70. The average Bonchev–Trinajstić information content (AvgIpc) is 2.08. The fourth-order valence-electron chi connectivity index (χ4n) is 1.38. The molecule has 0 aliphatic carbocycles. The van der Waals surface area contributed by atoms with Crippen LogP contribution in [0.5, 0.6) is 0 Å². The minimum atomic E-state index is 0.00458. The van der Waals surface area contributed by atoms with Gasteiger partial charge in [0.2, 0.25) is 5.91 Å². The number of aliphatic hydroxyl groups is 1. The first-order valence-electron chi connectivity index (χ1n) is 4.29. The van der Waals surface area contributed by atoms with Crippen LogP contribution in [0.3, 0.4) is 0 Å². The van der Waals surface area contributed by atoms with E-state index in [0.717, 1.165) is 19.4 Å². The molecule has 0 aromatic carbocycles. The molecule has 1 N–H and O–H groups in total. The summed E-state index contributed by atoms with van der Waals surface area (Å²) in [6, 6.07) is 0. The summed E-state index contributed by atoms with van der Waals surface area (Å²) < 4.78 is 0. The van der Waals surface area contributed by atoms with E-state index in [4.69, 9.17) is 5.11 Å². The van der Waals surface area contributed by atoms with E-state index < -0.39 is 0 Å². The number of nitrogens with zero attached hydrogens (tertiary/aromatic N) is 1. The summed E-state index contributed by atoms with van der Waals surface area (Å²) >= 11 is 3.33. The molecule has 1 atom stereocenters. The van der Waals surface area contributed by atoms with Crippen molar-refractivity contribution in [3.05, 3.63) is 0 Å². The number of carbonyl (C=O) groups excluding carboxylic acids is 1. The van der Waals surface area contributed by atoms with Crippen molar-refractivity contribution < 1.29 is 9.90 Å². The number of amides is 1. The second-order valence-corrected chi connectivity index (χ2v) is 4.12. The molecule has 4 heteroatoms. The molecule has 1 heterocycles. The summed E-state index contributed by atoms with van der Waals surface area (Å²) in [7, 11) is 0. The van der Waals surface area contributed by atoms with Crippen molar-refractivity contribution >= 4 is 21.8 Å². The van der Waals surface area contributed by atoms with E-state index in [2.05, 4.69) is 15.9 Å². The van der Waals surface area contributed by atoms with Gasteiger partial charge in [-0.1, -0.05) is 15.9 Å². The van der Waals surface area contributed by atoms with Crippen LogP contribution >= 0.6 is 15.9 Å². The molecular weight excluding hydrogens is 222 g/mol. The summed E-state index contributed by atoms with van der Waals surface area (Å²) in [5, 5.41) is 8.60. The first kappa shape index (κ1) is 9.99. The van der Waals surface area contributed by atoms with Crippen molar-refractivity contribution in [1.82, 2.24) is 4.90 Å². The van der Waals surface area contributed by atoms with Crippen molar-refractivity contribution in [1.29, 1.82) is 0 Å². The summed E-state index contributed by atoms with van der Waals surface area (Å²) in [6.07, 6.45) is 2.69. The number of hydrogen-bond donors (Lipinski definition) is 1. The van der Waals surface area contributed by atoms with Gasteiger partial charge in [0.15, 0.2) is 0 Å². The number of aliphatic hydroxyl groups excluding tert-OH is 1. The normalized spacial score (nSPS) is 24.7. The second kappa shape index (κ2) is 4.82. The van der Waals surface area contributed by atoms with Crippen LogP contribution in [0.4, 0.5) is 0 Å². The van der Waals surface area contributed by atoms with Crippen LogP contribution in [0.2, 0.25) is 0 Å². The minimum Gasteiger partial charge on any atom is -0.396 e. The van der Waals surface area contributed by atoms with Gasteiger partial charge in [-0.25, -0.2) is 0 Å². The molecule has 0 aromatic heterocycles. The maximum Gasteiger partial charge on any atom is 0.236 e. The van der Waals surface area contributed by atoms with Crippen LogP contribution in [0.1, 0.15) is 19.3 Å². The van der Waals surface area contributed by atoms with Gasteiger partial charge in [-0.2, -0.15) is 0 Å². The molecule has 1 aliphatic heterocycles. The van der Waals surface area contributed by atoms with Crippen LogP contribution in [0, 0.1) is 0 Å². The van der Waals surface area contributed by atoms with E-state index in [0.29, 0.717) is 13.0 Å². The van der Waals surface area contributed by atoms with Gasteiger partial charge in [0.05, 0.1) is 4.83 Å². The first-order valence-corrected chi connectivity index (χ1v) is 5.21. The Morgan fingerprint density at radius 2 is 2.42 bits per heavy atom. The van der Waals surface area contributed by atoms with Gasteiger partial charge in [0.25, 0.3) is 0 Å². The molecule has 0 spiro atoms. The van der Waals surface area contributed by atoms with Gasteiger partial charge in [0, 0.05) is 19.7 Å². The number of halogens is 1. The Labute approximate surface area is 80.9 Å². The third-order valence-electron chi connectivity index (χ3n) is 2.05. The third-order valence-corrected chi connectivity index (χ3v) is 2.90. The van der Waals surface area contributed by atoms with Crippen LogP contribution in [-0.4, -0.2) is 40.4 Å². The Balaban J connectivity index is 2.36. The Hall–Kier alpha value is -0.0900. The van der Waals surface area contributed by atoms with E-state index in [1.807, 2.05) is 4.90 Å². The Morgan fingerprint density at radius 3 is 3.08 bits per heavy atom. The van der Waals surface area contributed by atoms with Crippen LogP contribution < -0.4 is 0 Å². The molecule has 1 rings (SSSR count). The average molecular weight is 236 g/mol. The van der Waals surface area contributed by atoms with Crippen molar-refractivity contribution in [2.75, 3.05) is 19.7 Å². The van der Waals surface area contributed by atoms with Gasteiger partial charge in [0.1, 0.15) is 0 Å². The summed E-state index contributed by atoms with van der Waals surface area (Å²) in [4.78, 5) is 13.3. The van der Waals surface area contributed by atoms with Crippen LogP contribution in [0.15, 0.2) is 0 Å². The lowest BCUT2D eigenvalue weighted by atomic mass is 10.1. The highest BCUT2D eigenvalue weighted by molar-refractivity contribution is 9.10. The van der Waals surface area contributed by atoms with Crippen LogP contribution in [-0.2, 0) is 4.79 Å². The molecule has 0 saturated carbocycles. The number of rotatable bonds is 3. The topological polar surface area (TPSA) is 40.5 Å². The Morgan fingerprint density at radius 1 is 1.67 bits per heavy atom. The summed E-state index contributed by atoms with van der Waals surface area (Å²) in [5.41, 5.74) is 0. The molecule has 12 heavy (non-hydrogen) atoms. The monoisotopic (exact) mass is 235 g/mol. The lowest BCUT2D eigenvalue weighted by Gasteiger charge is -2.29. The van der Waals surface area contributed by atoms with Crippen molar-refractivity contribution in [2.24, 2.45) is 0 Å². The maximum atomic E-state index is 11.4. The minimum absolute atomic E-state index is 0.00458. The van der Waals surface area contributed by atoms with Crippen molar-refractivity contribution in [2.45, 2.75) is 24.1 Å². The van der Waals surface area contributed by atoms with Gasteiger partial charge in [-0.3, -0.25) is 4.79 Å². The molecule has 0 aromatic rings. The molecule has 0 radical (unpaired) electrons. The molecule has 3 nitrogen and oxygen atoms in total. The zero-order valence-corrected chi connectivity index (χ0v) is 8.59. The van der Waals surface area contributed by atoms with Crippen molar-refractivity contribution in [3.8, 4) is 0 Å². The quantitative estimate of drug-likeness (QED) is 0.735. The molecular formula is C8H14BrNO2. The lowest BCUT2D eigenvalue weighted by molar-refractivity contribution is -0.132. The number of likely N-dealkylation sites (tertiary alicyclic amines) is 1. The molecule has 1 fully saturated rings. The van der Waals surface area contributed by atoms with Gasteiger partial charge >= 0.3 is 0 Å². The van der Waals surface area contributed by atoms with Gasteiger partial charge in [-0.15, -0.1) is 0 Å².